The van der Waals surface area contributed by atoms with E-state index >= 15 is 0 Å². The maximum absolute atomic E-state index is 12.6. The van der Waals surface area contributed by atoms with Crippen LogP contribution in [0.1, 0.15) is 31.2 Å². The predicted octanol–water partition coefficient (Wildman–Crippen LogP) is 2.77. The van der Waals surface area contributed by atoms with E-state index in [9.17, 15) is 4.79 Å². The van der Waals surface area contributed by atoms with Gasteiger partial charge >= 0.3 is 6.03 Å². The fourth-order valence-corrected chi connectivity index (χ4v) is 2.50. The summed E-state index contributed by atoms with van der Waals surface area (Å²) in [6.07, 6.45) is 0.668. The van der Waals surface area contributed by atoms with Gasteiger partial charge in [0.15, 0.2) is 11.5 Å². The molecular formula is C17H22N4O4. The van der Waals surface area contributed by atoms with Gasteiger partial charge in [-0.25, -0.2) is 4.79 Å². The number of fused-ring (bicyclic) bond motifs is 1. The van der Waals surface area contributed by atoms with Gasteiger partial charge in [0.25, 0.3) is 0 Å². The Labute approximate surface area is 146 Å². The van der Waals surface area contributed by atoms with Gasteiger partial charge in [0.2, 0.25) is 11.8 Å². The summed E-state index contributed by atoms with van der Waals surface area (Å²) in [5.41, 5.74) is 1.59. The summed E-state index contributed by atoms with van der Waals surface area (Å²) in [4.78, 5) is 14.2. The molecule has 1 aromatic heterocycles. The minimum atomic E-state index is -0.237. The Kier molecular flexibility index (Phi) is 5.06. The molecule has 0 aliphatic carbocycles. The monoisotopic (exact) mass is 346 g/mol. The highest BCUT2D eigenvalue weighted by molar-refractivity contribution is 5.90. The van der Waals surface area contributed by atoms with Crippen molar-refractivity contribution in [2.45, 2.75) is 33.7 Å². The fourth-order valence-electron chi connectivity index (χ4n) is 2.50. The molecule has 0 saturated heterocycles. The lowest BCUT2D eigenvalue weighted by atomic mass is 10.1. The molecule has 0 fully saturated rings. The number of carbonyl (C=O) groups excluding carboxylic acids is 1. The van der Waals surface area contributed by atoms with Crippen molar-refractivity contribution in [1.82, 2.24) is 15.1 Å². The second-order valence-corrected chi connectivity index (χ2v) is 5.70. The van der Waals surface area contributed by atoms with Crippen LogP contribution in [0.3, 0.4) is 0 Å². The Bertz CT molecular complexity index is 759. The van der Waals surface area contributed by atoms with Gasteiger partial charge in [-0.05, 0) is 25.5 Å². The summed E-state index contributed by atoms with van der Waals surface area (Å²) in [6.45, 7) is 7.56. The quantitative estimate of drug-likeness (QED) is 0.895. The van der Waals surface area contributed by atoms with Crippen molar-refractivity contribution in [2.75, 3.05) is 25.1 Å². The summed E-state index contributed by atoms with van der Waals surface area (Å²) in [5, 5.41) is 10.8. The number of anilines is 1. The fraction of sp³-hybridized carbons (Fsp3) is 0.471. The SMILES string of the molecule is CCc1nnc(CN(CC)C(=O)Nc2cc3c(cc2C)OCCO3)o1. The van der Waals surface area contributed by atoms with E-state index in [1.807, 2.05) is 26.8 Å². The molecule has 1 aliphatic rings. The van der Waals surface area contributed by atoms with Crippen molar-refractivity contribution in [2.24, 2.45) is 0 Å². The van der Waals surface area contributed by atoms with Crippen LogP contribution in [-0.2, 0) is 13.0 Å². The van der Waals surface area contributed by atoms with Crippen LogP contribution < -0.4 is 14.8 Å². The maximum Gasteiger partial charge on any atom is 0.322 e. The standard InChI is InChI=1S/C17H22N4O4/c1-4-15-19-20-16(25-15)10-21(5-2)17(22)18-12-9-14-13(8-11(12)3)23-6-7-24-14/h8-9H,4-7,10H2,1-3H3,(H,18,22). The zero-order valence-electron chi connectivity index (χ0n) is 14.7. The van der Waals surface area contributed by atoms with Crippen molar-refractivity contribution < 1.29 is 18.7 Å². The predicted molar refractivity (Wildman–Crippen MR) is 90.9 cm³/mol. The molecule has 25 heavy (non-hydrogen) atoms. The highest BCUT2D eigenvalue weighted by Gasteiger charge is 2.19. The number of hydrogen-bond acceptors (Lipinski definition) is 6. The summed E-state index contributed by atoms with van der Waals surface area (Å²) in [5.74, 6) is 2.33. The zero-order chi connectivity index (χ0) is 17.8. The number of aryl methyl sites for hydroxylation is 2. The number of rotatable bonds is 5. The number of ether oxygens (including phenoxy) is 2. The molecule has 0 saturated carbocycles. The van der Waals surface area contributed by atoms with Gasteiger partial charge in [0.05, 0.1) is 0 Å². The average Bonchev–Trinajstić information content (AvgIpc) is 3.08. The first kappa shape index (κ1) is 17.1. The van der Waals surface area contributed by atoms with Crippen LogP contribution in [0.5, 0.6) is 11.5 Å². The Morgan fingerprint density at radius 3 is 2.48 bits per heavy atom. The number of aromatic nitrogens is 2. The van der Waals surface area contributed by atoms with Crippen LogP contribution >= 0.6 is 0 Å². The second kappa shape index (κ2) is 7.42. The first-order chi connectivity index (χ1) is 12.1. The minimum Gasteiger partial charge on any atom is -0.486 e. The number of hydrogen-bond donors (Lipinski definition) is 1. The number of amides is 2. The molecule has 1 aromatic carbocycles. The molecule has 2 heterocycles. The van der Waals surface area contributed by atoms with E-state index in [0.717, 1.165) is 5.56 Å². The van der Waals surface area contributed by atoms with Crippen molar-refractivity contribution in [1.29, 1.82) is 0 Å². The highest BCUT2D eigenvalue weighted by Crippen LogP contribution is 2.35. The molecule has 8 nitrogen and oxygen atoms in total. The van der Waals surface area contributed by atoms with E-state index in [0.29, 0.717) is 55.1 Å². The molecule has 0 atom stereocenters. The van der Waals surface area contributed by atoms with Crippen LogP contribution in [0, 0.1) is 6.92 Å². The third-order valence-corrected chi connectivity index (χ3v) is 3.94. The smallest absolute Gasteiger partial charge is 0.322 e. The summed E-state index contributed by atoms with van der Waals surface area (Å²) in [6, 6.07) is 3.42. The molecule has 8 heteroatoms. The average molecular weight is 346 g/mol. The summed E-state index contributed by atoms with van der Waals surface area (Å²) < 4.78 is 16.6. The molecule has 0 bridgehead atoms. The third-order valence-electron chi connectivity index (χ3n) is 3.94. The Hall–Kier alpha value is -2.77. The number of nitrogens with one attached hydrogen (secondary N) is 1. The lowest BCUT2D eigenvalue weighted by molar-refractivity contribution is 0.171. The minimum absolute atomic E-state index is 0.237. The van der Waals surface area contributed by atoms with Gasteiger partial charge in [0.1, 0.15) is 19.8 Å². The van der Waals surface area contributed by atoms with Crippen molar-refractivity contribution in [3.05, 3.63) is 29.5 Å². The molecule has 0 spiro atoms. The van der Waals surface area contributed by atoms with Gasteiger partial charge in [-0.3, -0.25) is 0 Å². The van der Waals surface area contributed by atoms with Gasteiger partial charge in [-0.1, -0.05) is 6.92 Å². The van der Waals surface area contributed by atoms with E-state index in [4.69, 9.17) is 13.9 Å². The molecule has 1 aliphatic heterocycles. The number of urea groups is 1. The van der Waals surface area contributed by atoms with Crippen molar-refractivity contribution >= 4 is 11.7 Å². The molecule has 0 unspecified atom stereocenters. The van der Waals surface area contributed by atoms with E-state index in [1.165, 1.54) is 0 Å². The molecule has 134 valence electrons. The Morgan fingerprint density at radius 1 is 1.16 bits per heavy atom. The van der Waals surface area contributed by atoms with Crippen LogP contribution in [0.25, 0.3) is 0 Å². The lowest BCUT2D eigenvalue weighted by Gasteiger charge is -2.23. The van der Waals surface area contributed by atoms with Gasteiger partial charge < -0.3 is 24.1 Å². The molecule has 1 N–H and O–H groups in total. The Balaban J connectivity index is 1.71. The summed E-state index contributed by atoms with van der Waals surface area (Å²) in [7, 11) is 0. The largest absolute Gasteiger partial charge is 0.486 e. The second-order valence-electron chi connectivity index (χ2n) is 5.70. The molecule has 2 aromatic rings. The third kappa shape index (κ3) is 3.84. The first-order valence-electron chi connectivity index (χ1n) is 8.38. The maximum atomic E-state index is 12.6. The van der Waals surface area contributed by atoms with E-state index in [1.54, 1.807) is 11.0 Å². The summed E-state index contributed by atoms with van der Waals surface area (Å²) >= 11 is 0. The van der Waals surface area contributed by atoms with E-state index in [-0.39, 0.29) is 12.6 Å². The van der Waals surface area contributed by atoms with Gasteiger partial charge in [0, 0.05) is 24.7 Å². The van der Waals surface area contributed by atoms with Gasteiger partial charge in [-0.15, -0.1) is 10.2 Å². The zero-order valence-corrected chi connectivity index (χ0v) is 14.7. The highest BCUT2D eigenvalue weighted by atomic mass is 16.6. The Morgan fingerprint density at radius 2 is 1.84 bits per heavy atom. The number of carbonyl (C=O) groups is 1. The molecule has 0 radical (unpaired) electrons. The van der Waals surface area contributed by atoms with Crippen LogP contribution in [0.4, 0.5) is 10.5 Å². The topological polar surface area (TPSA) is 89.7 Å². The normalized spacial score (nSPS) is 12.8. The molecule has 3 rings (SSSR count). The number of benzene rings is 1. The first-order valence-corrected chi connectivity index (χ1v) is 8.38. The molecular weight excluding hydrogens is 324 g/mol. The molecule has 2 amide bonds. The van der Waals surface area contributed by atoms with E-state index < -0.39 is 0 Å². The number of nitrogens with zero attached hydrogens (tertiary/aromatic N) is 3. The van der Waals surface area contributed by atoms with E-state index in [2.05, 4.69) is 15.5 Å². The van der Waals surface area contributed by atoms with Gasteiger partial charge in [-0.2, -0.15) is 0 Å². The van der Waals surface area contributed by atoms with Crippen LogP contribution in [-0.4, -0.2) is 40.9 Å². The van der Waals surface area contributed by atoms with Crippen LogP contribution in [0.2, 0.25) is 0 Å². The van der Waals surface area contributed by atoms with Crippen molar-refractivity contribution in [3.8, 4) is 11.5 Å². The van der Waals surface area contributed by atoms with Crippen LogP contribution in [0.15, 0.2) is 16.5 Å². The van der Waals surface area contributed by atoms with Crippen molar-refractivity contribution in [3.63, 3.8) is 0 Å². The lowest BCUT2D eigenvalue weighted by Crippen LogP contribution is -2.34.